The molecule has 3 aromatic rings. The van der Waals surface area contributed by atoms with Crippen LogP contribution in [0.4, 0.5) is 11.5 Å². The van der Waals surface area contributed by atoms with Crippen molar-refractivity contribution in [1.82, 2.24) is 15.4 Å². The minimum atomic E-state index is -3.90. The minimum absolute atomic E-state index is 0.0408. The first kappa shape index (κ1) is 17.4. The molecule has 1 amide bonds. The molecule has 0 fully saturated rings. The summed E-state index contributed by atoms with van der Waals surface area (Å²) < 4.78 is 32.2. The van der Waals surface area contributed by atoms with Gasteiger partial charge in [-0.3, -0.25) is 9.52 Å². The maximum Gasteiger partial charge on any atom is 0.280 e. The van der Waals surface area contributed by atoms with Crippen molar-refractivity contribution in [3.05, 3.63) is 60.3 Å². The number of methoxy groups -OCH3 is 1. The zero-order valence-electron chi connectivity index (χ0n) is 13.6. The number of nitrogens with one attached hydrogen (secondary N) is 3. The van der Waals surface area contributed by atoms with E-state index in [4.69, 9.17) is 4.74 Å². The summed E-state index contributed by atoms with van der Waals surface area (Å²) in [5.41, 5.74) is 0.218. The van der Waals surface area contributed by atoms with E-state index in [1.807, 2.05) is 0 Å². The molecular formula is C16H15N5O4S. The van der Waals surface area contributed by atoms with Gasteiger partial charge >= 0.3 is 0 Å². The Morgan fingerprint density at radius 3 is 2.46 bits per heavy atom. The van der Waals surface area contributed by atoms with E-state index in [0.717, 1.165) is 0 Å². The van der Waals surface area contributed by atoms with Gasteiger partial charge in [0, 0.05) is 0 Å². The summed E-state index contributed by atoms with van der Waals surface area (Å²) in [6.07, 6.45) is 0. The maximum absolute atomic E-state index is 12.5. The SMILES string of the molecule is COc1ccccc1NC(=O)c1n[nH]nc1NS(=O)(=O)c1ccccc1. The first-order valence-electron chi connectivity index (χ1n) is 7.44. The van der Waals surface area contributed by atoms with Gasteiger partial charge < -0.3 is 10.1 Å². The van der Waals surface area contributed by atoms with Crippen LogP contribution >= 0.6 is 0 Å². The van der Waals surface area contributed by atoms with E-state index >= 15 is 0 Å². The Hall–Kier alpha value is -3.40. The summed E-state index contributed by atoms with van der Waals surface area (Å²) in [5.74, 6) is -0.397. The Bertz CT molecular complexity index is 1020. The monoisotopic (exact) mass is 373 g/mol. The van der Waals surface area contributed by atoms with E-state index in [1.54, 1.807) is 42.5 Å². The van der Waals surface area contributed by atoms with Gasteiger partial charge in [-0.1, -0.05) is 30.3 Å². The molecule has 0 saturated heterocycles. The lowest BCUT2D eigenvalue weighted by Crippen LogP contribution is -2.19. The maximum atomic E-state index is 12.5. The average Bonchev–Trinajstić information content (AvgIpc) is 3.10. The Labute approximate surface area is 149 Å². The fourth-order valence-corrected chi connectivity index (χ4v) is 3.21. The Balaban J connectivity index is 1.83. The molecule has 1 aromatic heterocycles. The van der Waals surface area contributed by atoms with Crippen LogP contribution in [-0.2, 0) is 10.0 Å². The Morgan fingerprint density at radius 2 is 1.73 bits per heavy atom. The number of nitrogens with zero attached hydrogens (tertiary/aromatic N) is 2. The highest BCUT2D eigenvalue weighted by Crippen LogP contribution is 2.24. The molecule has 0 radical (unpaired) electrons. The molecule has 1 heterocycles. The Kier molecular flexibility index (Phi) is 4.85. The van der Waals surface area contributed by atoms with Gasteiger partial charge in [0.2, 0.25) is 0 Å². The van der Waals surface area contributed by atoms with Gasteiger partial charge in [-0.25, -0.2) is 8.42 Å². The fourth-order valence-electron chi connectivity index (χ4n) is 2.18. The second kappa shape index (κ2) is 7.23. The number of aromatic nitrogens is 3. The molecular weight excluding hydrogens is 358 g/mol. The molecule has 3 rings (SSSR count). The summed E-state index contributed by atoms with van der Waals surface area (Å²) >= 11 is 0. The molecule has 0 aliphatic rings. The number of hydrogen-bond donors (Lipinski definition) is 3. The van der Waals surface area contributed by atoms with E-state index in [2.05, 4.69) is 25.4 Å². The first-order chi connectivity index (χ1) is 12.5. The van der Waals surface area contributed by atoms with Crippen molar-refractivity contribution in [3.8, 4) is 5.75 Å². The normalized spacial score (nSPS) is 11.0. The van der Waals surface area contributed by atoms with Gasteiger partial charge in [0.05, 0.1) is 17.7 Å². The van der Waals surface area contributed by atoms with Crippen molar-refractivity contribution in [2.45, 2.75) is 4.90 Å². The molecule has 3 N–H and O–H groups in total. The van der Waals surface area contributed by atoms with Crippen LogP contribution < -0.4 is 14.8 Å². The highest BCUT2D eigenvalue weighted by atomic mass is 32.2. The molecule has 134 valence electrons. The number of carbonyl (C=O) groups is 1. The van der Waals surface area contributed by atoms with Crippen LogP contribution in [0.2, 0.25) is 0 Å². The number of rotatable bonds is 6. The standard InChI is InChI=1S/C16H15N5O4S/c1-25-13-10-6-5-9-12(13)17-16(22)14-15(19-21-18-14)20-26(23,24)11-7-3-2-4-8-11/h2-10H,1H3,(H,17,22)(H2,18,19,20,21). The smallest absolute Gasteiger partial charge is 0.280 e. The van der Waals surface area contributed by atoms with Crippen LogP contribution in [0.25, 0.3) is 0 Å². The number of aromatic amines is 1. The van der Waals surface area contributed by atoms with Gasteiger partial charge in [-0.05, 0) is 24.3 Å². The summed E-state index contributed by atoms with van der Waals surface area (Å²) in [4.78, 5) is 12.5. The quantitative estimate of drug-likeness (QED) is 0.605. The molecule has 0 aliphatic heterocycles. The molecule has 0 atom stereocenters. The number of carbonyl (C=O) groups excluding carboxylic acids is 1. The van der Waals surface area contributed by atoms with E-state index < -0.39 is 15.9 Å². The van der Waals surface area contributed by atoms with E-state index in [1.165, 1.54) is 19.2 Å². The lowest BCUT2D eigenvalue weighted by atomic mass is 10.3. The molecule has 2 aromatic carbocycles. The highest BCUT2D eigenvalue weighted by Gasteiger charge is 2.23. The number of ether oxygens (including phenoxy) is 1. The summed E-state index contributed by atoms with van der Waals surface area (Å²) in [6.45, 7) is 0. The summed E-state index contributed by atoms with van der Waals surface area (Å²) in [5, 5.41) is 12.3. The van der Waals surface area contributed by atoms with Crippen LogP contribution in [0.3, 0.4) is 0 Å². The third-order valence-corrected chi connectivity index (χ3v) is 4.76. The molecule has 0 spiro atoms. The van der Waals surface area contributed by atoms with E-state index in [-0.39, 0.29) is 16.4 Å². The van der Waals surface area contributed by atoms with Gasteiger partial charge in [-0.15, -0.1) is 10.2 Å². The van der Waals surface area contributed by atoms with Gasteiger partial charge in [0.15, 0.2) is 11.5 Å². The molecule has 26 heavy (non-hydrogen) atoms. The number of hydrogen-bond acceptors (Lipinski definition) is 6. The van der Waals surface area contributed by atoms with Crippen molar-refractivity contribution < 1.29 is 17.9 Å². The minimum Gasteiger partial charge on any atom is -0.495 e. The second-order valence-corrected chi connectivity index (χ2v) is 6.78. The number of H-pyrrole nitrogens is 1. The third kappa shape index (κ3) is 3.64. The fraction of sp³-hybridized carbons (Fsp3) is 0.0625. The molecule has 10 heteroatoms. The third-order valence-electron chi connectivity index (χ3n) is 3.40. The second-order valence-electron chi connectivity index (χ2n) is 5.09. The predicted octanol–water partition coefficient (Wildman–Crippen LogP) is 1.87. The number of para-hydroxylation sites is 2. The van der Waals surface area contributed by atoms with Crippen molar-refractivity contribution in [2.75, 3.05) is 17.1 Å². The van der Waals surface area contributed by atoms with Gasteiger partial charge in [-0.2, -0.15) is 5.21 Å². The molecule has 0 saturated carbocycles. The summed E-state index contributed by atoms with van der Waals surface area (Å²) in [7, 11) is -2.43. The van der Waals surface area contributed by atoms with Gasteiger partial charge in [0.1, 0.15) is 5.75 Å². The van der Waals surface area contributed by atoms with Crippen molar-refractivity contribution in [3.63, 3.8) is 0 Å². The highest BCUT2D eigenvalue weighted by molar-refractivity contribution is 7.92. The lowest BCUT2D eigenvalue weighted by Gasteiger charge is -2.10. The molecule has 0 unspecified atom stereocenters. The van der Waals surface area contributed by atoms with E-state index in [0.29, 0.717) is 11.4 Å². The van der Waals surface area contributed by atoms with Crippen molar-refractivity contribution in [1.29, 1.82) is 0 Å². The van der Waals surface area contributed by atoms with Crippen molar-refractivity contribution >= 4 is 27.4 Å². The lowest BCUT2D eigenvalue weighted by molar-refractivity contribution is 0.102. The molecule has 0 aliphatic carbocycles. The van der Waals surface area contributed by atoms with Gasteiger partial charge in [0.25, 0.3) is 15.9 Å². The number of sulfonamides is 1. The largest absolute Gasteiger partial charge is 0.495 e. The van der Waals surface area contributed by atoms with Crippen LogP contribution in [0.1, 0.15) is 10.5 Å². The molecule has 9 nitrogen and oxygen atoms in total. The van der Waals surface area contributed by atoms with Crippen molar-refractivity contribution in [2.24, 2.45) is 0 Å². The van der Waals surface area contributed by atoms with Crippen LogP contribution in [0.5, 0.6) is 5.75 Å². The summed E-state index contributed by atoms with van der Waals surface area (Å²) in [6, 6.07) is 14.5. The Morgan fingerprint density at radius 1 is 1.04 bits per heavy atom. The number of anilines is 2. The zero-order chi connectivity index (χ0) is 18.6. The topological polar surface area (TPSA) is 126 Å². The predicted molar refractivity (Wildman–Crippen MR) is 94.6 cm³/mol. The zero-order valence-corrected chi connectivity index (χ0v) is 14.4. The molecule has 0 bridgehead atoms. The average molecular weight is 373 g/mol. The first-order valence-corrected chi connectivity index (χ1v) is 8.92. The van der Waals surface area contributed by atoms with Crippen LogP contribution in [-0.4, -0.2) is 36.8 Å². The number of benzene rings is 2. The van der Waals surface area contributed by atoms with Crippen LogP contribution in [0, 0.1) is 0 Å². The van der Waals surface area contributed by atoms with E-state index in [9.17, 15) is 13.2 Å². The number of amides is 1. The van der Waals surface area contributed by atoms with Crippen LogP contribution in [0.15, 0.2) is 59.5 Å².